The number of nitrogens with zero attached hydrogens (tertiary/aromatic N) is 1. The van der Waals surface area contributed by atoms with Crippen molar-refractivity contribution >= 4 is 10.9 Å². The molecule has 0 aliphatic carbocycles. The zero-order chi connectivity index (χ0) is 15.4. The number of hydrogen-bond acceptors (Lipinski definition) is 2. The topological polar surface area (TPSA) is 36.1 Å². The second-order valence-electron chi connectivity index (χ2n) is 6.69. The van der Waals surface area contributed by atoms with Crippen molar-refractivity contribution in [3.8, 4) is 0 Å². The highest BCUT2D eigenvalue weighted by Crippen LogP contribution is 2.13. The van der Waals surface area contributed by atoms with Crippen LogP contribution in [0.25, 0.3) is 10.9 Å². The van der Waals surface area contributed by atoms with E-state index < -0.39 is 0 Å². The molecule has 0 fully saturated rings. The minimum Gasteiger partial charge on any atom is -0.322 e. The van der Waals surface area contributed by atoms with E-state index in [0.717, 1.165) is 36.1 Å². The fourth-order valence-electron chi connectivity index (χ4n) is 2.79. The molecule has 1 aromatic heterocycles. The van der Waals surface area contributed by atoms with Crippen LogP contribution in [0.3, 0.4) is 0 Å². The van der Waals surface area contributed by atoms with Crippen LogP contribution in [0.2, 0.25) is 0 Å². The van der Waals surface area contributed by atoms with Crippen LogP contribution in [0.15, 0.2) is 35.1 Å². The fourth-order valence-corrected chi connectivity index (χ4v) is 2.79. The zero-order valence-electron chi connectivity index (χ0n) is 13.5. The molecular weight excluding hydrogens is 260 g/mol. The number of H-pyrrole nitrogens is 1. The van der Waals surface area contributed by atoms with E-state index in [0.29, 0.717) is 11.8 Å². The summed E-state index contributed by atoms with van der Waals surface area (Å²) in [6.45, 7) is 11.6. The molecule has 3 nitrogen and oxygen atoms in total. The minimum absolute atomic E-state index is 0.0335. The highest BCUT2D eigenvalue weighted by atomic mass is 16.1. The van der Waals surface area contributed by atoms with Gasteiger partial charge in [0.25, 0.3) is 5.56 Å². The third-order valence-corrected chi connectivity index (χ3v) is 3.47. The lowest BCUT2D eigenvalue weighted by atomic mass is 10.1. The first kappa shape index (κ1) is 15.8. The molecule has 1 aromatic carbocycles. The number of nitrogens with one attached hydrogen (secondary N) is 1. The van der Waals surface area contributed by atoms with Gasteiger partial charge in [0.05, 0.1) is 0 Å². The van der Waals surface area contributed by atoms with Crippen LogP contribution >= 0.6 is 0 Å². The first-order chi connectivity index (χ1) is 9.95. The van der Waals surface area contributed by atoms with E-state index in [2.05, 4.69) is 37.6 Å². The van der Waals surface area contributed by atoms with Crippen LogP contribution in [0.4, 0.5) is 0 Å². The number of benzene rings is 1. The van der Waals surface area contributed by atoms with E-state index in [1.807, 2.05) is 30.3 Å². The lowest BCUT2D eigenvalue weighted by Crippen LogP contribution is -2.33. The van der Waals surface area contributed by atoms with Crippen molar-refractivity contribution in [1.29, 1.82) is 0 Å². The average molecular weight is 286 g/mol. The highest BCUT2D eigenvalue weighted by molar-refractivity contribution is 5.78. The van der Waals surface area contributed by atoms with Crippen molar-refractivity contribution in [2.24, 2.45) is 11.8 Å². The van der Waals surface area contributed by atoms with Gasteiger partial charge in [0.2, 0.25) is 0 Å². The summed E-state index contributed by atoms with van der Waals surface area (Å²) in [5.74, 6) is 1.20. The van der Waals surface area contributed by atoms with Gasteiger partial charge >= 0.3 is 0 Å². The van der Waals surface area contributed by atoms with Crippen LogP contribution in [-0.2, 0) is 6.54 Å². The molecule has 114 valence electrons. The third-order valence-electron chi connectivity index (χ3n) is 3.47. The first-order valence-corrected chi connectivity index (χ1v) is 7.79. The lowest BCUT2D eigenvalue weighted by molar-refractivity contribution is 0.211. The van der Waals surface area contributed by atoms with Gasteiger partial charge in [-0.05, 0) is 29.4 Å². The Kier molecular flexibility index (Phi) is 5.18. The van der Waals surface area contributed by atoms with Crippen LogP contribution in [0.5, 0.6) is 0 Å². The monoisotopic (exact) mass is 286 g/mol. The third kappa shape index (κ3) is 4.43. The van der Waals surface area contributed by atoms with E-state index in [9.17, 15) is 4.79 Å². The van der Waals surface area contributed by atoms with Crippen LogP contribution in [-0.4, -0.2) is 23.0 Å². The molecule has 2 rings (SSSR count). The summed E-state index contributed by atoms with van der Waals surface area (Å²) in [4.78, 5) is 17.6. The van der Waals surface area contributed by atoms with Gasteiger partial charge in [-0.1, -0.05) is 45.9 Å². The number of pyridine rings is 1. The fraction of sp³-hybridized carbons (Fsp3) is 0.500. The van der Waals surface area contributed by atoms with Gasteiger partial charge < -0.3 is 4.98 Å². The van der Waals surface area contributed by atoms with Gasteiger partial charge in [-0.2, -0.15) is 0 Å². The van der Waals surface area contributed by atoms with Crippen molar-refractivity contribution < 1.29 is 0 Å². The Hall–Kier alpha value is -1.61. The number of fused-ring (bicyclic) bond motifs is 1. The Morgan fingerprint density at radius 1 is 1.05 bits per heavy atom. The second kappa shape index (κ2) is 6.90. The summed E-state index contributed by atoms with van der Waals surface area (Å²) >= 11 is 0. The Morgan fingerprint density at radius 3 is 2.29 bits per heavy atom. The predicted octanol–water partition coefficient (Wildman–Crippen LogP) is 3.64. The number of rotatable bonds is 6. The Balaban J connectivity index is 2.26. The Morgan fingerprint density at radius 2 is 1.67 bits per heavy atom. The van der Waals surface area contributed by atoms with E-state index in [4.69, 9.17) is 0 Å². The maximum Gasteiger partial charge on any atom is 0.252 e. The first-order valence-electron chi connectivity index (χ1n) is 7.79. The average Bonchev–Trinajstić information content (AvgIpc) is 2.38. The van der Waals surface area contributed by atoms with Gasteiger partial charge in [0.15, 0.2) is 0 Å². The molecule has 0 bridgehead atoms. The van der Waals surface area contributed by atoms with Crippen molar-refractivity contribution in [2.45, 2.75) is 34.2 Å². The minimum atomic E-state index is 0.0335. The van der Waals surface area contributed by atoms with Crippen LogP contribution in [0.1, 0.15) is 33.3 Å². The number of hydrogen-bond donors (Lipinski definition) is 1. The standard InChI is InChI=1S/C18H26N2O/c1-13(2)10-20(11-14(3)4)12-16-9-15-7-5-6-8-17(15)19-18(16)21/h5-9,13-14H,10-12H2,1-4H3,(H,19,21). The lowest BCUT2D eigenvalue weighted by Gasteiger charge is -2.25. The second-order valence-corrected chi connectivity index (χ2v) is 6.69. The van der Waals surface area contributed by atoms with Crippen molar-refractivity contribution in [1.82, 2.24) is 9.88 Å². The summed E-state index contributed by atoms with van der Waals surface area (Å²) < 4.78 is 0. The quantitative estimate of drug-likeness (QED) is 0.880. The smallest absolute Gasteiger partial charge is 0.252 e. The summed E-state index contributed by atoms with van der Waals surface area (Å²) in [5.41, 5.74) is 1.80. The molecule has 2 aromatic rings. The van der Waals surface area contributed by atoms with Crippen molar-refractivity contribution in [3.63, 3.8) is 0 Å². The number of aromatic nitrogens is 1. The van der Waals surface area contributed by atoms with E-state index in [1.54, 1.807) is 0 Å². The maximum atomic E-state index is 12.3. The summed E-state index contributed by atoms with van der Waals surface area (Å²) in [6, 6.07) is 9.97. The highest BCUT2D eigenvalue weighted by Gasteiger charge is 2.12. The summed E-state index contributed by atoms with van der Waals surface area (Å²) in [5, 5.41) is 1.10. The normalized spacial score (nSPS) is 12.0. The van der Waals surface area contributed by atoms with Gasteiger partial charge in [-0.3, -0.25) is 9.69 Å². The molecule has 21 heavy (non-hydrogen) atoms. The van der Waals surface area contributed by atoms with Gasteiger partial charge in [-0.25, -0.2) is 0 Å². The van der Waals surface area contributed by atoms with E-state index >= 15 is 0 Å². The van der Waals surface area contributed by atoms with Crippen molar-refractivity contribution in [3.05, 3.63) is 46.2 Å². The Labute approximate surface area is 127 Å². The largest absolute Gasteiger partial charge is 0.322 e. The molecule has 1 N–H and O–H groups in total. The molecule has 3 heteroatoms. The number of aromatic amines is 1. The molecule has 1 heterocycles. The summed E-state index contributed by atoms with van der Waals surface area (Å²) in [7, 11) is 0. The molecular formula is C18H26N2O. The molecule has 0 spiro atoms. The maximum absolute atomic E-state index is 12.3. The molecule has 0 unspecified atom stereocenters. The Bertz CT molecular complexity index is 633. The van der Waals surface area contributed by atoms with Crippen LogP contribution in [0, 0.1) is 11.8 Å². The van der Waals surface area contributed by atoms with E-state index in [-0.39, 0.29) is 5.56 Å². The number of para-hydroxylation sites is 1. The molecule has 0 atom stereocenters. The van der Waals surface area contributed by atoms with E-state index in [1.165, 1.54) is 0 Å². The molecule has 0 saturated carbocycles. The molecule has 0 radical (unpaired) electrons. The summed E-state index contributed by atoms with van der Waals surface area (Å²) in [6.07, 6.45) is 0. The van der Waals surface area contributed by atoms with Gasteiger partial charge in [-0.15, -0.1) is 0 Å². The molecule has 0 saturated heterocycles. The van der Waals surface area contributed by atoms with Gasteiger partial charge in [0, 0.05) is 30.7 Å². The van der Waals surface area contributed by atoms with Crippen LogP contribution < -0.4 is 5.56 Å². The SMILES string of the molecule is CC(C)CN(Cc1cc2ccccc2[nH]c1=O)CC(C)C. The molecule has 0 aliphatic heterocycles. The van der Waals surface area contributed by atoms with Gasteiger partial charge in [0.1, 0.15) is 0 Å². The molecule has 0 amide bonds. The van der Waals surface area contributed by atoms with Crippen molar-refractivity contribution in [2.75, 3.05) is 13.1 Å². The molecule has 0 aliphatic rings. The predicted molar refractivity (Wildman–Crippen MR) is 89.5 cm³/mol. The zero-order valence-corrected chi connectivity index (χ0v) is 13.5.